The van der Waals surface area contributed by atoms with Crippen LogP contribution in [-0.4, -0.2) is 47.3 Å². The molecule has 8 nitrogen and oxygen atoms in total. The zero-order chi connectivity index (χ0) is 31.0. The van der Waals surface area contributed by atoms with Gasteiger partial charge in [0.25, 0.3) is 5.91 Å². The lowest BCUT2D eigenvalue weighted by Crippen LogP contribution is -2.33. The first-order valence-electron chi connectivity index (χ1n) is 14.6. The number of nitrogens with zero attached hydrogens (tertiary/aromatic N) is 3. The number of aryl methyl sites for hydroxylation is 3. The van der Waals surface area contributed by atoms with Crippen molar-refractivity contribution < 1.29 is 24.2 Å². The number of anilines is 1. The Morgan fingerprint density at radius 1 is 1.09 bits per heavy atom. The minimum atomic E-state index is -1.02. The van der Waals surface area contributed by atoms with Crippen LogP contribution in [0.5, 0.6) is 11.5 Å². The lowest BCUT2D eigenvalue weighted by molar-refractivity contribution is -0.137. The number of benzene rings is 2. The molecule has 0 saturated heterocycles. The smallest absolute Gasteiger partial charge is 0.323 e. The molecule has 0 radical (unpaired) electrons. The van der Waals surface area contributed by atoms with Gasteiger partial charge in [-0.05, 0) is 69.2 Å². The number of carboxylic acids is 1. The van der Waals surface area contributed by atoms with E-state index in [0.29, 0.717) is 45.1 Å². The highest BCUT2D eigenvalue weighted by molar-refractivity contribution is 7.14. The second kappa shape index (κ2) is 12.6. The van der Waals surface area contributed by atoms with Crippen LogP contribution in [0.4, 0.5) is 5.13 Å². The van der Waals surface area contributed by atoms with E-state index in [2.05, 4.69) is 0 Å². The van der Waals surface area contributed by atoms with Gasteiger partial charge in [-0.2, -0.15) is 0 Å². The third-order valence-electron chi connectivity index (χ3n) is 8.49. The Balaban J connectivity index is 0.000000537. The first kappa shape index (κ1) is 30.9. The van der Waals surface area contributed by atoms with E-state index in [4.69, 9.17) is 26.1 Å². The van der Waals surface area contributed by atoms with Crippen LogP contribution < -0.4 is 14.4 Å². The summed E-state index contributed by atoms with van der Waals surface area (Å²) in [5.41, 5.74) is 5.08. The van der Waals surface area contributed by atoms with E-state index >= 15 is 0 Å². The van der Waals surface area contributed by atoms with Gasteiger partial charge in [-0.25, -0.2) is 4.98 Å². The zero-order valence-corrected chi connectivity index (χ0v) is 27.1. The number of hydrogen-bond acceptors (Lipinski definition) is 6. The van der Waals surface area contributed by atoms with Gasteiger partial charge < -0.3 is 19.1 Å². The summed E-state index contributed by atoms with van der Waals surface area (Å²) in [5.74, 6) is 2.11. The molecule has 1 amide bonds. The van der Waals surface area contributed by atoms with Crippen LogP contribution in [0.15, 0.2) is 29.6 Å². The minimum absolute atomic E-state index is 0.309. The van der Waals surface area contributed by atoms with Gasteiger partial charge in [0, 0.05) is 28.9 Å². The van der Waals surface area contributed by atoms with Crippen LogP contribution in [0.1, 0.15) is 59.8 Å². The van der Waals surface area contributed by atoms with Gasteiger partial charge in [-0.1, -0.05) is 42.5 Å². The molecule has 4 aromatic rings. The third-order valence-corrected chi connectivity index (χ3v) is 9.65. The van der Waals surface area contributed by atoms with Crippen molar-refractivity contribution in [3.8, 4) is 22.8 Å². The number of hydrogen-bond donors (Lipinski definition) is 1. The lowest BCUT2D eigenvalue weighted by Gasteiger charge is -2.20. The quantitative estimate of drug-likeness (QED) is 0.214. The second-order valence-electron chi connectivity index (χ2n) is 11.4. The third kappa shape index (κ3) is 6.10. The molecule has 2 heterocycles. The summed E-state index contributed by atoms with van der Waals surface area (Å²) in [6, 6.07) is 7.39. The Morgan fingerprint density at radius 2 is 1.79 bits per heavy atom. The Hall–Kier alpha value is -3.56. The Bertz CT molecular complexity index is 1690. The van der Waals surface area contributed by atoms with Crippen LogP contribution in [0.2, 0.25) is 5.02 Å². The van der Waals surface area contributed by atoms with E-state index in [1.807, 2.05) is 45.2 Å². The highest BCUT2D eigenvalue weighted by Crippen LogP contribution is 2.51. The first-order chi connectivity index (χ1) is 20.6. The highest BCUT2D eigenvalue weighted by Gasteiger charge is 2.40. The number of aliphatic carboxylic acids is 1. The van der Waals surface area contributed by atoms with Crippen molar-refractivity contribution in [1.82, 2.24) is 9.55 Å². The maximum atomic E-state index is 14.0. The molecule has 228 valence electrons. The van der Waals surface area contributed by atoms with Gasteiger partial charge in [0.15, 0.2) is 5.13 Å². The summed E-state index contributed by atoms with van der Waals surface area (Å²) in [4.78, 5) is 32.1. The Morgan fingerprint density at radius 3 is 2.35 bits per heavy atom. The molecular formula is C33H38ClN3O5S. The van der Waals surface area contributed by atoms with Crippen molar-refractivity contribution >= 4 is 50.8 Å². The van der Waals surface area contributed by atoms with E-state index < -0.39 is 5.97 Å². The number of aromatic nitrogens is 2. The number of halogens is 1. The number of ether oxygens (including phenoxy) is 2. The summed E-state index contributed by atoms with van der Waals surface area (Å²) < 4.78 is 12.5. The van der Waals surface area contributed by atoms with Gasteiger partial charge in [0.05, 0.1) is 30.5 Å². The largest absolute Gasteiger partial charge is 0.496 e. The molecule has 2 saturated carbocycles. The Labute approximate surface area is 261 Å². The highest BCUT2D eigenvalue weighted by atomic mass is 35.5. The molecule has 0 bridgehead atoms. The number of rotatable bonds is 8. The molecule has 2 aliphatic carbocycles. The SMILES string of the molecule is C1CC2CC2C1.CCN(C(=O)c1c(C)c2cc(C)cc(C)c2n1CC(=O)O)c1nc(-c2cc(OC)c(Cl)cc2OC)cs1. The van der Waals surface area contributed by atoms with Crippen LogP contribution in [0.25, 0.3) is 22.2 Å². The molecule has 2 fully saturated rings. The fourth-order valence-corrected chi connectivity index (χ4v) is 7.46. The first-order valence-corrected chi connectivity index (χ1v) is 15.8. The summed E-state index contributed by atoms with van der Waals surface area (Å²) in [5, 5.41) is 13.3. The maximum absolute atomic E-state index is 14.0. The molecule has 2 unspecified atom stereocenters. The lowest BCUT2D eigenvalue weighted by atomic mass is 10.1. The summed E-state index contributed by atoms with van der Waals surface area (Å²) in [7, 11) is 3.08. The van der Waals surface area contributed by atoms with Crippen molar-refractivity contribution in [3.63, 3.8) is 0 Å². The van der Waals surface area contributed by atoms with Crippen molar-refractivity contribution in [1.29, 1.82) is 0 Å². The summed E-state index contributed by atoms with van der Waals surface area (Å²) in [6.45, 7) is 7.66. The fraction of sp³-hybridized carbons (Fsp3) is 0.424. The van der Waals surface area contributed by atoms with Gasteiger partial charge >= 0.3 is 5.97 Å². The molecule has 0 spiro atoms. The van der Waals surface area contributed by atoms with Gasteiger partial charge in [-0.15, -0.1) is 11.3 Å². The van der Waals surface area contributed by atoms with Crippen molar-refractivity contribution in [2.24, 2.45) is 11.8 Å². The number of carboxylic acid groups (broad SMARTS) is 1. The zero-order valence-electron chi connectivity index (χ0n) is 25.5. The molecule has 6 rings (SSSR count). The van der Waals surface area contributed by atoms with Crippen LogP contribution >= 0.6 is 22.9 Å². The van der Waals surface area contributed by atoms with Crippen LogP contribution in [0, 0.1) is 32.6 Å². The normalized spacial score (nSPS) is 16.8. The van der Waals surface area contributed by atoms with E-state index in [1.165, 1.54) is 36.7 Å². The number of amides is 1. The van der Waals surface area contributed by atoms with E-state index in [1.54, 1.807) is 48.0 Å². The molecular weight excluding hydrogens is 586 g/mol. The van der Waals surface area contributed by atoms with E-state index in [-0.39, 0.29) is 12.5 Å². The number of carbonyl (C=O) groups is 2. The predicted molar refractivity (Wildman–Crippen MR) is 172 cm³/mol. The van der Waals surface area contributed by atoms with E-state index in [9.17, 15) is 14.7 Å². The molecule has 2 atom stereocenters. The number of carbonyl (C=O) groups excluding carboxylic acids is 1. The fourth-order valence-electron chi connectivity index (χ4n) is 6.34. The Kier molecular flexibility index (Phi) is 9.04. The average Bonchev–Trinajstić information content (AvgIpc) is 3.27. The average molecular weight is 624 g/mol. The van der Waals surface area contributed by atoms with Crippen molar-refractivity contribution in [3.05, 3.63) is 57.1 Å². The monoisotopic (exact) mass is 623 g/mol. The minimum Gasteiger partial charge on any atom is -0.496 e. The molecule has 43 heavy (non-hydrogen) atoms. The molecule has 2 aromatic carbocycles. The van der Waals surface area contributed by atoms with Gasteiger partial charge in [0.1, 0.15) is 23.7 Å². The standard InChI is InChI=1S/C27H28ClN3O5S.C6H10/c1-7-30(27-29-20(13-37-27)18-10-22(36-6)19(28)11-21(18)35-5)26(34)25-16(4)17-9-14(2)8-15(3)24(17)31(25)12-23(32)33;1-2-5-4-6(5)3-1/h8-11,13H,7,12H2,1-6H3,(H,32,33);5-6H,1-4H2. The van der Waals surface area contributed by atoms with Gasteiger partial charge in [-0.3, -0.25) is 14.5 Å². The van der Waals surface area contributed by atoms with Crippen LogP contribution in [0.3, 0.4) is 0 Å². The number of methoxy groups -OCH3 is 2. The summed E-state index contributed by atoms with van der Waals surface area (Å²) in [6.07, 6.45) is 6.24. The van der Waals surface area contributed by atoms with E-state index in [0.717, 1.165) is 27.6 Å². The maximum Gasteiger partial charge on any atom is 0.323 e. The van der Waals surface area contributed by atoms with Crippen molar-refractivity contribution in [2.45, 2.75) is 59.9 Å². The molecule has 2 aliphatic rings. The topological polar surface area (TPSA) is 93.9 Å². The second-order valence-corrected chi connectivity index (χ2v) is 12.6. The van der Waals surface area contributed by atoms with Crippen LogP contribution in [-0.2, 0) is 11.3 Å². The van der Waals surface area contributed by atoms with Crippen molar-refractivity contribution in [2.75, 3.05) is 25.7 Å². The molecule has 2 aromatic heterocycles. The number of thiazole rings is 1. The van der Waals surface area contributed by atoms with Gasteiger partial charge in [0.2, 0.25) is 0 Å². The molecule has 0 aliphatic heterocycles. The molecule has 1 N–H and O–H groups in total. The summed E-state index contributed by atoms with van der Waals surface area (Å²) >= 11 is 7.57. The predicted octanol–water partition coefficient (Wildman–Crippen LogP) is 7.92. The number of fused-ring (bicyclic) bond motifs is 2. The molecule has 10 heteroatoms.